The Labute approximate surface area is 162 Å². The molecular weight excluding hydrogens is 316 g/mol. The second-order valence-electron chi connectivity index (χ2n) is 7.33. The molecule has 144 valence electrons. The molecule has 2 radical (unpaired) electrons. The minimum Gasteiger partial charge on any atom is -0.340 e. The van der Waals surface area contributed by atoms with Crippen molar-refractivity contribution in [3.05, 3.63) is 36.5 Å². The first-order chi connectivity index (χ1) is 12.7. The first-order valence-corrected chi connectivity index (χ1v) is 10.9. The van der Waals surface area contributed by atoms with E-state index in [0.717, 1.165) is 13.1 Å². The largest absolute Gasteiger partial charge is 0.340 e. The zero-order valence-corrected chi connectivity index (χ0v) is 17.5. The van der Waals surface area contributed by atoms with Gasteiger partial charge in [-0.15, -0.1) is 0 Å². The van der Waals surface area contributed by atoms with Gasteiger partial charge in [0.05, 0.1) is 11.4 Å². The van der Waals surface area contributed by atoms with Gasteiger partial charge in [-0.25, -0.2) is 0 Å². The number of rotatable bonds is 12. The molecule has 0 saturated carbocycles. The first kappa shape index (κ1) is 20.9. The molecule has 0 spiro atoms. The predicted octanol–water partition coefficient (Wildman–Crippen LogP) is 7.28. The molecule has 0 fully saturated rings. The van der Waals surface area contributed by atoms with Crippen LogP contribution >= 0.6 is 0 Å². The fourth-order valence-corrected chi connectivity index (χ4v) is 3.68. The van der Waals surface area contributed by atoms with Gasteiger partial charge in [-0.05, 0) is 62.8 Å². The molecule has 1 heterocycles. The van der Waals surface area contributed by atoms with Gasteiger partial charge in [-0.1, -0.05) is 58.1 Å². The zero-order chi connectivity index (χ0) is 18.8. The number of fused-ring (bicyclic) bond motifs is 1. The number of nitrogens with zero attached hydrogens (tertiary/aromatic N) is 2. The summed E-state index contributed by atoms with van der Waals surface area (Å²) in [6.07, 6.45) is 14.2. The van der Waals surface area contributed by atoms with Crippen molar-refractivity contribution >= 4 is 16.9 Å². The van der Waals surface area contributed by atoms with Crippen LogP contribution in [0.4, 0.5) is 11.4 Å². The molecule has 1 aliphatic heterocycles. The molecule has 0 N–H and O–H groups in total. The Morgan fingerprint density at radius 2 is 1.54 bits per heavy atom. The predicted molar refractivity (Wildman–Crippen MR) is 117 cm³/mol. The average Bonchev–Trinajstić information content (AvgIpc) is 3.04. The van der Waals surface area contributed by atoms with Crippen molar-refractivity contribution < 1.29 is 0 Å². The first-order valence-electron chi connectivity index (χ1n) is 10.9. The monoisotopic (exact) mass is 354 g/mol. The number of allylic oxidation sites excluding steroid dienone is 2. The molecule has 0 amide bonds. The molecule has 0 bridgehead atoms. The van der Waals surface area contributed by atoms with Crippen LogP contribution in [0.15, 0.2) is 24.3 Å². The summed E-state index contributed by atoms with van der Waals surface area (Å²) in [5, 5.41) is 0. The third-order valence-corrected chi connectivity index (χ3v) is 5.30. The van der Waals surface area contributed by atoms with Crippen LogP contribution in [-0.2, 0) is 0 Å². The van der Waals surface area contributed by atoms with E-state index in [-0.39, 0.29) is 0 Å². The van der Waals surface area contributed by atoms with Crippen molar-refractivity contribution in [2.45, 2.75) is 85.5 Å². The van der Waals surface area contributed by atoms with Crippen molar-refractivity contribution in [1.82, 2.24) is 0 Å². The van der Waals surface area contributed by atoms with E-state index < -0.39 is 0 Å². The van der Waals surface area contributed by atoms with E-state index in [0.29, 0.717) is 0 Å². The van der Waals surface area contributed by atoms with Gasteiger partial charge in [0.2, 0.25) is 6.67 Å². The highest BCUT2D eigenvalue weighted by Crippen LogP contribution is 2.40. The van der Waals surface area contributed by atoms with E-state index in [1.807, 2.05) is 0 Å². The molecule has 0 atom stereocenters. The lowest BCUT2D eigenvalue weighted by atomic mass is 9.96. The molecule has 0 aliphatic carbocycles. The van der Waals surface area contributed by atoms with Gasteiger partial charge in [0.15, 0.2) is 0 Å². The minimum absolute atomic E-state index is 0.971. The van der Waals surface area contributed by atoms with Crippen molar-refractivity contribution in [3.8, 4) is 0 Å². The third kappa shape index (κ3) is 5.53. The third-order valence-electron chi connectivity index (χ3n) is 5.30. The molecule has 2 rings (SSSR count). The summed E-state index contributed by atoms with van der Waals surface area (Å²) in [5.74, 6) is 0. The van der Waals surface area contributed by atoms with E-state index in [9.17, 15) is 0 Å². The lowest BCUT2D eigenvalue weighted by molar-refractivity contribution is 0.677. The van der Waals surface area contributed by atoms with Crippen LogP contribution in [0.2, 0.25) is 0 Å². The van der Waals surface area contributed by atoms with Crippen LogP contribution in [0.5, 0.6) is 0 Å². The maximum absolute atomic E-state index is 3.49. The smallest absolute Gasteiger partial charge is 0.208 e. The van der Waals surface area contributed by atoms with Crippen LogP contribution in [0, 0.1) is 6.67 Å². The van der Waals surface area contributed by atoms with Crippen molar-refractivity contribution in [2.24, 2.45) is 0 Å². The van der Waals surface area contributed by atoms with E-state index in [2.05, 4.69) is 68.4 Å². The lowest BCUT2D eigenvalue weighted by Gasteiger charge is -2.16. The van der Waals surface area contributed by atoms with E-state index in [4.69, 9.17) is 0 Å². The summed E-state index contributed by atoms with van der Waals surface area (Å²) < 4.78 is 0. The molecular formula is C24H38N2. The summed E-state index contributed by atoms with van der Waals surface area (Å²) >= 11 is 0. The Morgan fingerprint density at radius 3 is 2.23 bits per heavy atom. The fourth-order valence-electron chi connectivity index (χ4n) is 3.68. The second-order valence-corrected chi connectivity index (χ2v) is 7.33. The maximum atomic E-state index is 3.49. The Kier molecular flexibility index (Phi) is 9.08. The van der Waals surface area contributed by atoms with E-state index in [1.165, 1.54) is 74.7 Å². The Hall–Kier alpha value is -1.44. The van der Waals surface area contributed by atoms with E-state index in [1.54, 1.807) is 5.57 Å². The molecule has 0 unspecified atom stereocenters. The highest BCUT2D eigenvalue weighted by atomic mass is 15.4. The number of anilines is 2. The van der Waals surface area contributed by atoms with Crippen LogP contribution in [0.1, 0.15) is 91.0 Å². The van der Waals surface area contributed by atoms with E-state index >= 15 is 0 Å². The summed E-state index contributed by atoms with van der Waals surface area (Å²) in [6, 6.07) is 7.02. The zero-order valence-electron chi connectivity index (χ0n) is 17.5. The Bertz CT molecular complexity index is 561. The minimum atomic E-state index is 0.971. The van der Waals surface area contributed by atoms with Crippen molar-refractivity contribution in [2.75, 3.05) is 22.9 Å². The maximum Gasteiger partial charge on any atom is 0.208 e. The molecule has 2 heteroatoms. The summed E-state index contributed by atoms with van der Waals surface area (Å²) in [6.45, 7) is 14.4. The van der Waals surface area contributed by atoms with Crippen LogP contribution in [-0.4, -0.2) is 13.1 Å². The lowest BCUT2D eigenvalue weighted by Crippen LogP contribution is -2.24. The highest BCUT2D eigenvalue weighted by molar-refractivity contribution is 5.82. The Balaban J connectivity index is 2.18. The molecule has 26 heavy (non-hydrogen) atoms. The summed E-state index contributed by atoms with van der Waals surface area (Å²) in [7, 11) is 0. The van der Waals surface area contributed by atoms with Gasteiger partial charge < -0.3 is 9.80 Å². The van der Waals surface area contributed by atoms with Crippen LogP contribution < -0.4 is 9.80 Å². The Morgan fingerprint density at radius 1 is 0.846 bits per heavy atom. The molecule has 1 aliphatic rings. The van der Waals surface area contributed by atoms with Crippen LogP contribution in [0.3, 0.4) is 0 Å². The number of hydrogen-bond acceptors (Lipinski definition) is 2. The molecule has 2 nitrogen and oxygen atoms in total. The topological polar surface area (TPSA) is 6.48 Å². The number of unbranched alkanes of at least 4 members (excludes halogenated alkanes) is 6. The molecule has 1 aromatic carbocycles. The van der Waals surface area contributed by atoms with Gasteiger partial charge in [0, 0.05) is 13.1 Å². The quantitative estimate of drug-likeness (QED) is 0.364. The van der Waals surface area contributed by atoms with Gasteiger partial charge >= 0.3 is 0 Å². The summed E-state index contributed by atoms with van der Waals surface area (Å²) in [5.41, 5.74) is 5.58. The van der Waals surface area contributed by atoms with Gasteiger partial charge in [0.25, 0.3) is 0 Å². The standard InChI is InChI=1S/C24H38N2/c1-5-9-11-13-15-21(16-14-12-10-6-2)22-17-18-23-24(19-22)26(8-4)20-25(23)7-3/h15,17-19H,5-14,16H2,1-4H3/b21-15-. The molecule has 0 saturated heterocycles. The number of hydrogen-bond donors (Lipinski definition) is 0. The van der Waals surface area contributed by atoms with Crippen LogP contribution in [0.25, 0.3) is 5.57 Å². The van der Waals surface area contributed by atoms with Gasteiger partial charge in [-0.2, -0.15) is 0 Å². The number of benzene rings is 1. The van der Waals surface area contributed by atoms with Gasteiger partial charge in [0.1, 0.15) is 0 Å². The van der Waals surface area contributed by atoms with Gasteiger partial charge in [-0.3, -0.25) is 0 Å². The van der Waals surface area contributed by atoms with Crippen molar-refractivity contribution in [3.63, 3.8) is 0 Å². The fraction of sp³-hybridized carbons (Fsp3) is 0.625. The molecule has 1 aromatic rings. The second kappa shape index (κ2) is 11.3. The average molecular weight is 355 g/mol. The highest BCUT2D eigenvalue weighted by Gasteiger charge is 2.25. The SMILES string of the molecule is CCCCC/C=C(/CCCCCC)c1ccc2c(c1)N(CC)[C]N2CC. The van der Waals surface area contributed by atoms with Crippen molar-refractivity contribution in [1.29, 1.82) is 0 Å². The molecule has 0 aromatic heterocycles. The normalized spacial score (nSPS) is 14.2. The summed E-state index contributed by atoms with van der Waals surface area (Å²) in [4.78, 5) is 4.49.